The Balaban J connectivity index is 1.80. The molecule has 4 radical (unpaired) electrons. The van der Waals surface area contributed by atoms with Gasteiger partial charge in [-0.2, -0.15) is 0 Å². The van der Waals surface area contributed by atoms with E-state index in [0.717, 1.165) is 11.4 Å². The van der Waals surface area contributed by atoms with Crippen molar-refractivity contribution >= 4 is 11.4 Å². The quantitative estimate of drug-likeness (QED) is 0.839. The maximum absolute atomic E-state index is 3.37. The molecule has 1 aromatic rings. The molecule has 0 saturated heterocycles. The molecule has 0 bridgehead atoms. The first-order valence-electron chi connectivity index (χ1n) is 7.69. The molecule has 0 unspecified atom stereocenters. The van der Waals surface area contributed by atoms with Gasteiger partial charge in [-0.15, -0.1) is 0 Å². The van der Waals surface area contributed by atoms with Crippen molar-refractivity contribution in [1.82, 2.24) is 9.80 Å². The van der Waals surface area contributed by atoms with Crippen LogP contribution in [0.2, 0.25) is 0 Å². The second-order valence-electron chi connectivity index (χ2n) is 6.03. The Kier molecular flexibility index (Phi) is 4.01. The predicted octanol–water partition coefficient (Wildman–Crippen LogP) is 3.68. The van der Waals surface area contributed by atoms with Crippen LogP contribution in [0.1, 0.15) is 27.7 Å². The standard InChI is InChI=1S/C18H22N4/c1-15(2)19-9-11-21(13-19)17-7-5-6-8-18(17)22-12-10-20(14-22)16(3)4/h5-12,15-16H,1-4H3. The van der Waals surface area contributed by atoms with Gasteiger partial charge in [0.15, 0.2) is 0 Å². The lowest BCUT2D eigenvalue weighted by Gasteiger charge is -2.27. The van der Waals surface area contributed by atoms with Gasteiger partial charge in [-0.3, -0.25) is 0 Å². The Bertz CT molecular complexity index is 525. The van der Waals surface area contributed by atoms with Crippen molar-refractivity contribution in [3.05, 3.63) is 62.4 Å². The van der Waals surface area contributed by atoms with Crippen molar-refractivity contribution < 1.29 is 0 Å². The highest BCUT2D eigenvalue weighted by Crippen LogP contribution is 2.35. The van der Waals surface area contributed by atoms with E-state index in [1.54, 1.807) is 0 Å². The largest absolute Gasteiger partial charge is 0.343 e. The van der Waals surface area contributed by atoms with Gasteiger partial charge in [-0.25, -0.2) is 0 Å². The fraction of sp³-hybridized carbons (Fsp3) is 0.333. The highest BCUT2D eigenvalue weighted by atomic mass is 15.4. The van der Waals surface area contributed by atoms with E-state index < -0.39 is 0 Å². The van der Waals surface area contributed by atoms with Crippen molar-refractivity contribution in [2.75, 3.05) is 9.80 Å². The highest BCUT2D eigenvalue weighted by Gasteiger charge is 2.25. The van der Waals surface area contributed by atoms with E-state index in [-0.39, 0.29) is 0 Å². The minimum atomic E-state index is 0.398. The molecular formula is C18H22N4. The first kappa shape index (κ1) is 14.8. The van der Waals surface area contributed by atoms with E-state index in [9.17, 15) is 0 Å². The second-order valence-corrected chi connectivity index (χ2v) is 6.03. The minimum absolute atomic E-state index is 0.398. The van der Waals surface area contributed by atoms with Gasteiger partial charge in [0.25, 0.3) is 0 Å². The van der Waals surface area contributed by atoms with Crippen molar-refractivity contribution in [3.8, 4) is 0 Å². The Labute approximate surface area is 133 Å². The molecule has 22 heavy (non-hydrogen) atoms. The lowest BCUT2D eigenvalue weighted by atomic mass is 10.2. The molecule has 2 aliphatic heterocycles. The third-order valence-electron chi connectivity index (χ3n) is 3.71. The summed E-state index contributed by atoms with van der Waals surface area (Å²) in [6, 6.07) is 9.09. The predicted molar refractivity (Wildman–Crippen MR) is 90.1 cm³/mol. The molecule has 0 saturated carbocycles. The fourth-order valence-corrected chi connectivity index (χ4v) is 2.37. The van der Waals surface area contributed by atoms with E-state index in [0.29, 0.717) is 12.1 Å². The zero-order valence-corrected chi connectivity index (χ0v) is 13.6. The summed E-state index contributed by atoms with van der Waals surface area (Å²) >= 11 is 0. The number of benzene rings is 1. The molecule has 2 aliphatic rings. The Morgan fingerprint density at radius 2 is 1.09 bits per heavy atom. The zero-order chi connectivity index (χ0) is 15.7. The number of hydrogen-bond acceptors (Lipinski definition) is 4. The SMILES string of the molecule is CC(C)N1[C]N(c2ccccc2N2[C]N(C(C)C)C=C2)C=C1. The third kappa shape index (κ3) is 2.78. The van der Waals surface area contributed by atoms with Gasteiger partial charge in [0, 0.05) is 36.9 Å². The fourth-order valence-electron chi connectivity index (χ4n) is 2.37. The molecule has 0 N–H and O–H groups in total. The maximum atomic E-state index is 3.37. The summed E-state index contributed by atoms with van der Waals surface area (Å²) in [5.41, 5.74) is 2.18. The molecule has 0 spiro atoms. The number of para-hydroxylation sites is 2. The average Bonchev–Trinajstić information content (AvgIpc) is 3.17. The van der Waals surface area contributed by atoms with Gasteiger partial charge in [0.1, 0.15) is 0 Å². The first-order chi connectivity index (χ1) is 10.6. The van der Waals surface area contributed by atoms with Crippen LogP contribution in [0.3, 0.4) is 0 Å². The number of rotatable bonds is 4. The number of anilines is 2. The Hall–Kier alpha value is -2.10. The third-order valence-corrected chi connectivity index (χ3v) is 3.71. The van der Waals surface area contributed by atoms with Gasteiger partial charge in [-0.1, -0.05) is 12.1 Å². The van der Waals surface area contributed by atoms with Crippen molar-refractivity contribution in [1.29, 1.82) is 0 Å². The topological polar surface area (TPSA) is 13.0 Å². The summed E-state index contributed by atoms with van der Waals surface area (Å²) < 4.78 is 0. The number of nitrogens with zero attached hydrogens (tertiary/aromatic N) is 4. The second kappa shape index (κ2) is 5.95. The molecular weight excluding hydrogens is 272 g/mol. The van der Waals surface area contributed by atoms with Crippen LogP contribution in [0.4, 0.5) is 11.4 Å². The number of hydrogen-bond donors (Lipinski definition) is 0. The summed E-state index contributed by atoms with van der Waals surface area (Å²) in [7, 11) is 0. The Morgan fingerprint density at radius 3 is 1.41 bits per heavy atom. The van der Waals surface area contributed by atoms with E-state index in [2.05, 4.69) is 75.4 Å². The summed E-state index contributed by atoms with van der Waals surface area (Å²) in [6.45, 7) is 15.3. The van der Waals surface area contributed by atoms with Crippen LogP contribution in [-0.2, 0) is 0 Å². The van der Waals surface area contributed by atoms with Crippen LogP contribution in [0.15, 0.2) is 49.1 Å². The van der Waals surface area contributed by atoms with Crippen LogP contribution in [-0.4, -0.2) is 21.9 Å². The van der Waals surface area contributed by atoms with Gasteiger partial charge in [0.2, 0.25) is 13.3 Å². The van der Waals surface area contributed by atoms with Crippen molar-refractivity contribution in [2.45, 2.75) is 39.8 Å². The molecule has 4 heteroatoms. The molecule has 3 rings (SSSR count). The average molecular weight is 294 g/mol. The van der Waals surface area contributed by atoms with E-state index in [4.69, 9.17) is 0 Å². The first-order valence-corrected chi connectivity index (χ1v) is 7.69. The van der Waals surface area contributed by atoms with Crippen LogP contribution in [0.25, 0.3) is 0 Å². The lowest BCUT2D eigenvalue weighted by Crippen LogP contribution is -2.27. The molecule has 0 aromatic heterocycles. The molecule has 114 valence electrons. The minimum Gasteiger partial charge on any atom is -0.343 e. The monoisotopic (exact) mass is 294 g/mol. The van der Waals surface area contributed by atoms with Crippen LogP contribution < -0.4 is 9.80 Å². The smallest absolute Gasteiger partial charge is 0.213 e. The lowest BCUT2D eigenvalue weighted by molar-refractivity contribution is 0.385. The molecule has 4 nitrogen and oxygen atoms in total. The van der Waals surface area contributed by atoms with Crippen molar-refractivity contribution in [3.63, 3.8) is 0 Å². The van der Waals surface area contributed by atoms with E-state index >= 15 is 0 Å². The zero-order valence-electron chi connectivity index (χ0n) is 13.6. The van der Waals surface area contributed by atoms with Crippen LogP contribution in [0.5, 0.6) is 0 Å². The van der Waals surface area contributed by atoms with E-state index in [1.165, 1.54) is 0 Å². The summed E-state index contributed by atoms with van der Waals surface area (Å²) in [4.78, 5) is 8.21. The maximum Gasteiger partial charge on any atom is 0.213 e. The highest BCUT2D eigenvalue weighted by molar-refractivity contribution is 5.75. The molecule has 0 fully saturated rings. The summed E-state index contributed by atoms with van der Waals surface area (Å²) in [5.74, 6) is 0. The van der Waals surface area contributed by atoms with Gasteiger partial charge in [-0.05, 0) is 39.8 Å². The van der Waals surface area contributed by atoms with Crippen LogP contribution >= 0.6 is 0 Å². The van der Waals surface area contributed by atoms with Crippen LogP contribution in [0, 0.1) is 13.3 Å². The molecule has 2 heterocycles. The summed E-state index contributed by atoms with van der Waals surface area (Å²) in [6.07, 6.45) is 8.18. The van der Waals surface area contributed by atoms with Gasteiger partial charge >= 0.3 is 0 Å². The van der Waals surface area contributed by atoms with E-state index in [1.807, 2.05) is 34.3 Å². The molecule has 1 aromatic carbocycles. The molecule has 0 atom stereocenters. The normalized spacial score (nSPS) is 17.7. The molecule has 0 amide bonds. The van der Waals surface area contributed by atoms with Crippen molar-refractivity contribution in [2.24, 2.45) is 0 Å². The molecule has 0 aliphatic carbocycles. The van der Waals surface area contributed by atoms with Gasteiger partial charge in [0.05, 0.1) is 11.4 Å². The Morgan fingerprint density at radius 1 is 0.682 bits per heavy atom. The summed E-state index contributed by atoms with van der Waals surface area (Å²) in [5, 5.41) is 0. The van der Waals surface area contributed by atoms with Gasteiger partial charge < -0.3 is 19.6 Å².